The minimum atomic E-state index is -3.57. The molecular weight excluding hydrogens is 208 g/mol. The third kappa shape index (κ3) is 4.06. The summed E-state index contributed by atoms with van der Waals surface area (Å²) in [5.41, 5.74) is 0. The Balaban J connectivity index is 4.55. The van der Waals surface area contributed by atoms with E-state index in [1.54, 1.807) is 6.92 Å². The largest absolute Gasteiger partial charge is 0.480 e. The van der Waals surface area contributed by atoms with Crippen LogP contribution in [0.15, 0.2) is 0 Å². The molecule has 0 saturated carbocycles. The summed E-state index contributed by atoms with van der Waals surface area (Å²) in [5.74, 6) is -1.51. The fourth-order valence-corrected chi connectivity index (χ4v) is 2.65. The lowest BCUT2D eigenvalue weighted by atomic mass is 10.2. The first kappa shape index (κ1) is 13.4. The normalized spacial score (nSPS) is 13.9. The fraction of sp³-hybridized carbons (Fsp3) is 0.875. The maximum Gasteiger partial charge on any atom is 0.321 e. The molecule has 0 amide bonds. The van der Waals surface area contributed by atoms with Crippen molar-refractivity contribution in [2.75, 3.05) is 19.5 Å². The van der Waals surface area contributed by atoms with E-state index in [0.29, 0.717) is 6.42 Å². The zero-order chi connectivity index (χ0) is 11.2. The standard InChI is InChI=1S/C8H16O5S/c1-3-4-7(8(9)10)14(11,12)6-5-13-2/h7H,3-6H2,1-2H3,(H,9,10). The van der Waals surface area contributed by atoms with Crippen LogP contribution in [-0.4, -0.2) is 44.2 Å². The van der Waals surface area contributed by atoms with Crippen LogP contribution in [0.5, 0.6) is 0 Å². The first-order chi connectivity index (χ1) is 6.45. The van der Waals surface area contributed by atoms with E-state index in [1.807, 2.05) is 0 Å². The summed E-state index contributed by atoms with van der Waals surface area (Å²) in [5, 5.41) is 7.43. The Morgan fingerprint density at radius 1 is 1.50 bits per heavy atom. The fourth-order valence-electron chi connectivity index (χ4n) is 1.06. The molecule has 0 aromatic heterocycles. The molecule has 1 N–H and O–H groups in total. The lowest BCUT2D eigenvalue weighted by Crippen LogP contribution is -2.33. The van der Waals surface area contributed by atoms with Gasteiger partial charge < -0.3 is 9.84 Å². The highest BCUT2D eigenvalue weighted by atomic mass is 32.2. The highest BCUT2D eigenvalue weighted by Crippen LogP contribution is 2.10. The van der Waals surface area contributed by atoms with Crippen molar-refractivity contribution in [3.05, 3.63) is 0 Å². The summed E-state index contributed by atoms with van der Waals surface area (Å²) in [7, 11) is -2.19. The smallest absolute Gasteiger partial charge is 0.321 e. The zero-order valence-corrected chi connectivity index (χ0v) is 9.21. The minimum Gasteiger partial charge on any atom is -0.480 e. The van der Waals surface area contributed by atoms with Gasteiger partial charge >= 0.3 is 5.97 Å². The van der Waals surface area contributed by atoms with Gasteiger partial charge in [-0.3, -0.25) is 4.79 Å². The molecular formula is C8H16O5S. The lowest BCUT2D eigenvalue weighted by Gasteiger charge is -2.11. The first-order valence-electron chi connectivity index (χ1n) is 4.39. The molecule has 0 aromatic rings. The van der Waals surface area contributed by atoms with Gasteiger partial charge in [-0.15, -0.1) is 0 Å². The molecule has 0 spiro atoms. The van der Waals surface area contributed by atoms with Crippen LogP contribution in [0.2, 0.25) is 0 Å². The predicted octanol–water partition coefficient (Wildman–Crippen LogP) is 0.301. The van der Waals surface area contributed by atoms with E-state index in [4.69, 9.17) is 5.11 Å². The number of rotatable bonds is 7. The number of carbonyl (C=O) groups is 1. The summed E-state index contributed by atoms with van der Waals surface area (Å²) >= 11 is 0. The van der Waals surface area contributed by atoms with Crippen molar-refractivity contribution in [1.82, 2.24) is 0 Å². The van der Waals surface area contributed by atoms with Gasteiger partial charge in [0.1, 0.15) is 0 Å². The van der Waals surface area contributed by atoms with E-state index in [2.05, 4.69) is 4.74 Å². The van der Waals surface area contributed by atoms with Crippen LogP contribution in [0.3, 0.4) is 0 Å². The van der Waals surface area contributed by atoms with Crippen molar-refractivity contribution < 1.29 is 23.1 Å². The maximum absolute atomic E-state index is 11.5. The zero-order valence-electron chi connectivity index (χ0n) is 8.39. The Kier molecular flexibility index (Phi) is 5.71. The molecule has 5 nitrogen and oxygen atoms in total. The number of ether oxygens (including phenoxy) is 1. The van der Waals surface area contributed by atoms with Gasteiger partial charge in [0.05, 0.1) is 12.4 Å². The molecule has 14 heavy (non-hydrogen) atoms. The van der Waals surface area contributed by atoms with E-state index >= 15 is 0 Å². The molecule has 0 rings (SSSR count). The van der Waals surface area contributed by atoms with Crippen LogP contribution in [0, 0.1) is 0 Å². The minimum absolute atomic E-state index is 0.0375. The molecule has 1 unspecified atom stereocenters. The van der Waals surface area contributed by atoms with Crippen molar-refractivity contribution in [3.8, 4) is 0 Å². The third-order valence-corrected chi connectivity index (χ3v) is 3.87. The van der Waals surface area contributed by atoms with Gasteiger partial charge in [-0.1, -0.05) is 13.3 Å². The number of sulfone groups is 1. The molecule has 0 heterocycles. The lowest BCUT2D eigenvalue weighted by molar-refractivity contribution is -0.136. The molecule has 1 atom stereocenters. The van der Waals surface area contributed by atoms with Gasteiger partial charge in [0, 0.05) is 7.11 Å². The highest BCUT2D eigenvalue weighted by molar-refractivity contribution is 7.92. The molecule has 0 aliphatic rings. The second-order valence-corrected chi connectivity index (χ2v) is 5.28. The average molecular weight is 224 g/mol. The van der Waals surface area contributed by atoms with E-state index in [9.17, 15) is 13.2 Å². The molecule has 84 valence electrons. The average Bonchev–Trinajstić information content (AvgIpc) is 2.10. The van der Waals surface area contributed by atoms with Gasteiger partial charge in [0.15, 0.2) is 15.1 Å². The van der Waals surface area contributed by atoms with Crippen LogP contribution in [0.1, 0.15) is 19.8 Å². The topological polar surface area (TPSA) is 80.7 Å². The third-order valence-electron chi connectivity index (χ3n) is 1.83. The summed E-state index contributed by atoms with van der Waals surface area (Å²) in [6, 6.07) is 0. The number of aliphatic carboxylic acids is 1. The molecule has 0 fully saturated rings. The van der Waals surface area contributed by atoms with Crippen LogP contribution in [0.4, 0.5) is 0 Å². The van der Waals surface area contributed by atoms with Gasteiger partial charge in [0.25, 0.3) is 0 Å². The SMILES string of the molecule is CCCC(C(=O)O)S(=O)(=O)CCOC. The van der Waals surface area contributed by atoms with Crippen LogP contribution in [-0.2, 0) is 19.4 Å². The van der Waals surface area contributed by atoms with Crippen molar-refractivity contribution in [2.45, 2.75) is 25.0 Å². The predicted molar refractivity (Wildman–Crippen MR) is 52.0 cm³/mol. The number of hydrogen-bond donors (Lipinski definition) is 1. The van der Waals surface area contributed by atoms with Crippen LogP contribution in [0.25, 0.3) is 0 Å². The molecule has 0 saturated heterocycles. The number of hydrogen-bond acceptors (Lipinski definition) is 4. The van der Waals surface area contributed by atoms with Gasteiger partial charge in [0.2, 0.25) is 0 Å². The monoisotopic (exact) mass is 224 g/mol. The van der Waals surface area contributed by atoms with Crippen molar-refractivity contribution in [3.63, 3.8) is 0 Å². The Bertz CT molecular complexity index is 269. The Morgan fingerprint density at radius 3 is 2.43 bits per heavy atom. The van der Waals surface area contributed by atoms with E-state index in [1.165, 1.54) is 7.11 Å². The number of carboxylic acids is 1. The molecule has 0 aliphatic heterocycles. The summed E-state index contributed by atoms with van der Waals surface area (Å²) in [6.07, 6.45) is 0.685. The molecule has 0 bridgehead atoms. The van der Waals surface area contributed by atoms with E-state index in [0.717, 1.165) is 0 Å². The molecule has 0 aromatic carbocycles. The van der Waals surface area contributed by atoms with Crippen molar-refractivity contribution >= 4 is 15.8 Å². The van der Waals surface area contributed by atoms with Crippen molar-refractivity contribution in [1.29, 1.82) is 0 Å². The highest BCUT2D eigenvalue weighted by Gasteiger charge is 2.30. The quantitative estimate of drug-likeness (QED) is 0.672. The van der Waals surface area contributed by atoms with Gasteiger partial charge in [-0.25, -0.2) is 8.42 Å². The van der Waals surface area contributed by atoms with Gasteiger partial charge in [-0.2, -0.15) is 0 Å². The molecule has 0 aliphatic carbocycles. The van der Waals surface area contributed by atoms with Crippen molar-refractivity contribution in [2.24, 2.45) is 0 Å². The molecule has 0 radical (unpaired) electrons. The number of methoxy groups -OCH3 is 1. The first-order valence-corrected chi connectivity index (χ1v) is 6.10. The second-order valence-electron chi connectivity index (χ2n) is 2.98. The Hall–Kier alpha value is -0.620. The summed E-state index contributed by atoms with van der Waals surface area (Å²) < 4.78 is 27.5. The Labute approximate surface area is 84.0 Å². The Morgan fingerprint density at radius 2 is 2.07 bits per heavy atom. The second kappa shape index (κ2) is 5.98. The van der Waals surface area contributed by atoms with E-state index < -0.39 is 21.1 Å². The summed E-state index contributed by atoms with van der Waals surface area (Å²) in [4.78, 5) is 10.7. The number of carboxylic acid groups (broad SMARTS) is 1. The molecule has 6 heteroatoms. The summed E-state index contributed by atoms with van der Waals surface area (Å²) in [6.45, 7) is 1.79. The van der Waals surface area contributed by atoms with Gasteiger partial charge in [-0.05, 0) is 6.42 Å². The maximum atomic E-state index is 11.5. The van der Waals surface area contributed by atoms with E-state index in [-0.39, 0.29) is 18.8 Å². The van der Waals surface area contributed by atoms with Crippen LogP contribution < -0.4 is 0 Å². The van der Waals surface area contributed by atoms with Crippen LogP contribution >= 0.6 is 0 Å².